The normalized spacial score (nSPS) is 12.4. The van der Waals surface area contributed by atoms with Crippen molar-refractivity contribution in [3.63, 3.8) is 0 Å². The zero-order chi connectivity index (χ0) is 19.5. The summed E-state index contributed by atoms with van der Waals surface area (Å²) in [6.45, 7) is 2.94. The number of carboxylic acids is 1. The molecule has 0 saturated heterocycles. The van der Waals surface area contributed by atoms with Crippen LogP contribution >= 0.6 is 0 Å². The number of carbonyl (C=O) groups excluding carboxylic acids is 3. The van der Waals surface area contributed by atoms with Gasteiger partial charge in [0.25, 0.3) is 0 Å². The Morgan fingerprint density at radius 1 is 0.962 bits per heavy atom. The number of carboxylic acid groups (broad SMARTS) is 1. The van der Waals surface area contributed by atoms with Gasteiger partial charge in [0.2, 0.25) is 11.8 Å². The number of hydrogen-bond acceptors (Lipinski definition) is 4. The highest BCUT2D eigenvalue weighted by Crippen LogP contribution is 2.10. The third-order valence-electron chi connectivity index (χ3n) is 3.48. The summed E-state index contributed by atoms with van der Waals surface area (Å²) in [7, 11) is 0. The van der Waals surface area contributed by atoms with Gasteiger partial charge in [-0.15, -0.1) is 0 Å². The molecule has 26 heavy (non-hydrogen) atoms. The van der Waals surface area contributed by atoms with Gasteiger partial charge in [0.1, 0.15) is 6.04 Å². The molecule has 0 radical (unpaired) electrons. The van der Waals surface area contributed by atoms with Gasteiger partial charge in [-0.1, -0.05) is 30.3 Å². The van der Waals surface area contributed by atoms with E-state index in [0.29, 0.717) is 0 Å². The molecule has 0 saturated carbocycles. The average molecular weight is 364 g/mol. The third kappa shape index (κ3) is 8.13. The Morgan fingerprint density at radius 3 is 2.23 bits per heavy atom. The minimum absolute atomic E-state index is 0.00506. The van der Waals surface area contributed by atoms with Crippen LogP contribution in [-0.2, 0) is 14.4 Å². The average Bonchev–Trinajstić information content (AvgIpc) is 2.60. The van der Waals surface area contributed by atoms with Gasteiger partial charge in [-0.05, 0) is 19.4 Å². The predicted molar refractivity (Wildman–Crippen MR) is 94.3 cm³/mol. The summed E-state index contributed by atoms with van der Waals surface area (Å²) in [6.07, 6.45) is -0.00506. The molecule has 1 unspecified atom stereocenters. The Labute approximate surface area is 151 Å². The largest absolute Gasteiger partial charge is 0.480 e. The molecular weight excluding hydrogens is 340 g/mol. The minimum atomic E-state index is -1.16. The molecule has 142 valence electrons. The Hall–Kier alpha value is -3.10. The van der Waals surface area contributed by atoms with Crippen molar-refractivity contribution in [1.29, 1.82) is 0 Å². The van der Waals surface area contributed by atoms with Crippen molar-refractivity contribution in [2.45, 2.75) is 32.4 Å². The topological polar surface area (TPSA) is 137 Å². The fraction of sp³-hybridized carbons (Fsp3) is 0.412. The number of urea groups is 1. The molecule has 9 nitrogen and oxygen atoms in total. The molecule has 0 aliphatic carbocycles. The molecule has 0 aliphatic rings. The molecule has 0 aliphatic heterocycles. The summed E-state index contributed by atoms with van der Waals surface area (Å²) in [5.74, 6) is -2.19. The molecule has 1 aromatic rings. The third-order valence-corrected chi connectivity index (χ3v) is 3.48. The van der Waals surface area contributed by atoms with Gasteiger partial charge in [-0.3, -0.25) is 14.4 Å². The van der Waals surface area contributed by atoms with Crippen LogP contribution in [0.2, 0.25) is 0 Å². The Bertz CT molecular complexity index is 635. The molecule has 1 rings (SSSR count). The summed E-state index contributed by atoms with van der Waals surface area (Å²) in [4.78, 5) is 45.4. The maximum Gasteiger partial charge on any atom is 0.325 e. The van der Waals surface area contributed by atoms with Gasteiger partial charge in [-0.2, -0.15) is 0 Å². The Morgan fingerprint density at radius 2 is 1.62 bits per heavy atom. The van der Waals surface area contributed by atoms with Crippen LogP contribution in [0.1, 0.15) is 31.9 Å². The molecular formula is C17H24N4O5. The number of amides is 4. The fourth-order valence-electron chi connectivity index (χ4n) is 1.98. The van der Waals surface area contributed by atoms with Gasteiger partial charge in [0.05, 0.1) is 12.6 Å². The van der Waals surface area contributed by atoms with Gasteiger partial charge in [0.15, 0.2) is 0 Å². The van der Waals surface area contributed by atoms with Crippen LogP contribution in [0.5, 0.6) is 0 Å². The molecule has 0 spiro atoms. The molecule has 2 atom stereocenters. The SMILES string of the molecule is CC(NC(=O)CNC(=O)CCNC(=O)N[C@@H](C)c1ccccc1)C(=O)O. The molecule has 0 aromatic heterocycles. The van der Waals surface area contributed by atoms with Crippen molar-refractivity contribution in [1.82, 2.24) is 21.3 Å². The van der Waals surface area contributed by atoms with Crippen LogP contribution in [0.3, 0.4) is 0 Å². The number of rotatable bonds is 9. The van der Waals surface area contributed by atoms with Gasteiger partial charge >= 0.3 is 12.0 Å². The van der Waals surface area contributed by atoms with E-state index >= 15 is 0 Å². The Kier molecular flexibility index (Phi) is 8.62. The van der Waals surface area contributed by atoms with E-state index in [-0.39, 0.29) is 25.6 Å². The van der Waals surface area contributed by atoms with Crippen LogP contribution in [-0.4, -0.2) is 48.1 Å². The lowest BCUT2D eigenvalue weighted by molar-refractivity contribution is -0.141. The van der Waals surface area contributed by atoms with E-state index in [4.69, 9.17) is 5.11 Å². The predicted octanol–water partition coefficient (Wildman–Crippen LogP) is 0.142. The summed E-state index contributed by atoms with van der Waals surface area (Å²) in [5, 5.41) is 18.5. The van der Waals surface area contributed by atoms with Crippen molar-refractivity contribution in [2.24, 2.45) is 0 Å². The zero-order valence-electron chi connectivity index (χ0n) is 14.7. The minimum Gasteiger partial charge on any atom is -0.480 e. The highest BCUT2D eigenvalue weighted by atomic mass is 16.4. The van der Waals surface area contributed by atoms with Crippen molar-refractivity contribution >= 4 is 23.8 Å². The first kappa shape index (κ1) is 20.9. The van der Waals surface area contributed by atoms with E-state index in [1.54, 1.807) is 0 Å². The molecule has 9 heteroatoms. The molecule has 0 fully saturated rings. The summed E-state index contributed by atoms with van der Waals surface area (Å²) in [6, 6.07) is 7.83. The smallest absolute Gasteiger partial charge is 0.325 e. The second-order valence-electron chi connectivity index (χ2n) is 5.69. The highest BCUT2D eigenvalue weighted by Gasteiger charge is 2.14. The monoisotopic (exact) mass is 364 g/mol. The first-order chi connectivity index (χ1) is 12.3. The fourth-order valence-corrected chi connectivity index (χ4v) is 1.98. The number of nitrogens with one attached hydrogen (secondary N) is 4. The summed E-state index contributed by atoms with van der Waals surface area (Å²) >= 11 is 0. The van der Waals surface area contributed by atoms with Gasteiger partial charge < -0.3 is 26.4 Å². The summed E-state index contributed by atoms with van der Waals surface area (Å²) < 4.78 is 0. The van der Waals surface area contributed by atoms with E-state index < -0.39 is 29.9 Å². The van der Waals surface area contributed by atoms with E-state index in [1.807, 2.05) is 37.3 Å². The number of aliphatic carboxylic acids is 1. The van der Waals surface area contributed by atoms with Crippen LogP contribution < -0.4 is 21.3 Å². The number of carbonyl (C=O) groups is 4. The van der Waals surface area contributed by atoms with Crippen molar-refractivity contribution in [2.75, 3.05) is 13.1 Å². The lowest BCUT2D eigenvalue weighted by Crippen LogP contribution is -2.44. The van der Waals surface area contributed by atoms with E-state index in [1.165, 1.54) is 6.92 Å². The lowest BCUT2D eigenvalue weighted by Gasteiger charge is -2.15. The quantitative estimate of drug-likeness (QED) is 0.425. The van der Waals surface area contributed by atoms with Crippen molar-refractivity contribution in [3.8, 4) is 0 Å². The van der Waals surface area contributed by atoms with Gasteiger partial charge in [-0.25, -0.2) is 4.79 Å². The lowest BCUT2D eigenvalue weighted by atomic mass is 10.1. The van der Waals surface area contributed by atoms with Crippen molar-refractivity contribution in [3.05, 3.63) is 35.9 Å². The number of benzene rings is 1. The van der Waals surface area contributed by atoms with Crippen LogP contribution in [0.25, 0.3) is 0 Å². The van der Waals surface area contributed by atoms with Crippen LogP contribution in [0.4, 0.5) is 4.79 Å². The first-order valence-corrected chi connectivity index (χ1v) is 8.17. The Balaban J connectivity index is 2.20. The van der Waals surface area contributed by atoms with Crippen LogP contribution in [0.15, 0.2) is 30.3 Å². The molecule has 1 aromatic carbocycles. The maximum absolute atomic E-state index is 11.8. The first-order valence-electron chi connectivity index (χ1n) is 8.17. The second-order valence-corrected chi connectivity index (χ2v) is 5.69. The standard InChI is InChI=1S/C17H24N4O5/c1-11(13-6-4-3-5-7-13)21-17(26)18-9-8-14(22)19-10-15(23)20-12(2)16(24)25/h3-7,11-12H,8-10H2,1-2H3,(H,19,22)(H,20,23)(H,24,25)(H2,18,21,26)/t11-,12?/m0/s1. The van der Waals surface area contributed by atoms with Crippen molar-refractivity contribution < 1.29 is 24.3 Å². The van der Waals surface area contributed by atoms with Gasteiger partial charge in [0, 0.05) is 13.0 Å². The van der Waals surface area contributed by atoms with E-state index in [2.05, 4.69) is 21.3 Å². The molecule has 0 bridgehead atoms. The maximum atomic E-state index is 11.8. The van der Waals surface area contributed by atoms with Crippen LogP contribution in [0, 0.1) is 0 Å². The number of hydrogen-bond donors (Lipinski definition) is 5. The zero-order valence-corrected chi connectivity index (χ0v) is 14.7. The molecule has 0 heterocycles. The van der Waals surface area contributed by atoms with E-state index in [9.17, 15) is 19.2 Å². The van der Waals surface area contributed by atoms with E-state index in [0.717, 1.165) is 5.56 Å². The second kappa shape index (κ2) is 10.7. The molecule has 5 N–H and O–H groups in total. The molecule has 4 amide bonds. The highest BCUT2D eigenvalue weighted by molar-refractivity contribution is 5.87. The summed E-state index contributed by atoms with van der Waals surface area (Å²) in [5.41, 5.74) is 0.960.